The van der Waals surface area contributed by atoms with Gasteiger partial charge >= 0.3 is 0 Å². The molecule has 0 unspecified atom stereocenters. The Morgan fingerprint density at radius 2 is 1.91 bits per heavy atom. The Labute approximate surface area is 133 Å². The highest BCUT2D eigenvalue weighted by molar-refractivity contribution is 5.69. The Bertz CT molecular complexity index is 644. The third-order valence-corrected chi connectivity index (χ3v) is 4.79. The van der Waals surface area contributed by atoms with Crippen molar-refractivity contribution >= 4 is 0 Å². The second kappa shape index (κ2) is 5.88. The van der Waals surface area contributed by atoms with Gasteiger partial charge in [-0.25, -0.2) is 4.98 Å². The zero-order valence-electron chi connectivity index (χ0n) is 13.9. The van der Waals surface area contributed by atoms with Crippen LogP contribution in [0.15, 0.2) is 36.8 Å². The van der Waals surface area contributed by atoms with E-state index < -0.39 is 0 Å². The van der Waals surface area contributed by atoms with E-state index in [9.17, 15) is 5.11 Å². The summed E-state index contributed by atoms with van der Waals surface area (Å²) in [4.78, 5) is 4.34. The predicted octanol–water partition coefficient (Wildman–Crippen LogP) is 4.13. The van der Waals surface area contributed by atoms with Gasteiger partial charge in [-0.05, 0) is 23.8 Å². The molecule has 1 aliphatic heterocycles. The summed E-state index contributed by atoms with van der Waals surface area (Å²) < 4.78 is 2.25. The quantitative estimate of drug-likeness (QED) is 0.901. The number of aromatic nitrogens is 2. The van der Waals surface area contributed by atoms with Gasteiger partial charge in [0.2, 0.25) is 0 Å². The van der Waals surface area contributed by atoms with Gasteiger partial charge in [0.15, 0.2) is 0 Å². The normalized spacial score (nSPS) is 19.3. The molecule has 2 aromatic rings. The summed E-state index contributed by atoms with van der Waals surface area (Å²) >= 11 is 0. The van der Waals surface area contributed by atoms with E-state index in [0.29, 0.717) is 5.92 Å². The van der Waals surface area contributed by atoms with Crippen molar-refractivity contribution in [3.05, 3.63) is 42.4 Å². The summed E-state index contributed by atoms with van der Waals surface area (Å²) in [6, 6.07) is 8.73. The molecule has 1 aliphatic rings. The maximum absolute atomic E-state index is 10.9. The molecule has 1 aromatic carbocycles. The van der Waals surface area contributed by atoms with Crippen molar-refractivity contribution in [1.82, 2.24) is 9.55 Å². The highest BCUT2D eigenvalue weighted by atomic mass is 16.3. The van der Waals surface area contributed by atoms with Crippen LogP contribution in [0.2, 0.25) is 0 Å². The number of rotatable bonds is 5. The largest absolute Gasteiger partial charge is 0.392 e. The lowest BCUT2D eigenvalue weighted by molar-refractivity contribution is 0.0364. The Morgan fingerprint density at radius 3 is 2.59 bits per heavy atom. The number of aliphatic hydroxyl groups excluding tert-OH is 1. The van der Waals surface area contributed by atoms with Crippen LogP contribution in [0, 0.1) is 17.8 Å². The highest BCUT2D eigenvalue weighted by Gasteiger charge is 2.38. The standard InChI is InChI=1S/C19H26N2O/c1-12(2)9-16(19(22)13(3)4)18-15-8-6-5-7-14(15)17-10-20-11-21(17)18/h5-8,10-13,16,18-19,22H,9H2,1-4H3/t16-,18-,19+/m0/s1. The lowest BCUT2D eigenvalue weighted by atomic mass is 9.79. The first kappa shape index (κ1) is 15.3. The van der Waals surface area contributed by atoms with Crippen molar-refractivity contribution in [3.8, 4) is 11.3 Å². The van der Waals surface area contributed by atoms with Crippen molar-refractivity contribution in [2.75, 3.05) is 0 Å². The van der Waals surface area contributed by atoms with E-state index in [1.165, 1.54) is 16.8 Å². The number of benzene rings is 1. The van der Waals surface area contributed by atoms with Gasteiger partial charge in [-0.15, -0.1) is 0 Å². The molecule has 0 spiro atoms. The lowest BCUT2D eigenvalue weighted by Gasteiger charge is -2.33. The van der Waals surface area contributed by atoms with E-state index in [4.69, 9.17) is 0 Å². The Hall–Kier alpha value is -1.61. The molecular weight excluding hydrogens is 272 g/mol. The number of nitrogens with zero attached hydrogens (tertiary/aromatic N) is 2. The van der Waals surface area contributed by atoms with E-state index in [-0.39, 0.29) is 24.0 Å². The van der Waals surface area contributed by atoms with Crippen molar-refractivity contribution in [3.63, 3.8) is 0 Å². The van der Waals surface area contributed by atoms with E-state index in [1.54, 1.807) is 0 Å². The van der Waals surface area contributed by atoms with Crippen molar-refractivity contribution < 1.29 is 5.11 Å². The van der Waals surface area contributed by atoms with Gasteiger partial charge in [-0.3, -0.25) is 0 Å². The molecule has 1 aromatic heterocycles. The summed E-state index contributed by atoms with van der Waals surface area (Å²) in [6.45, 7) is 8.67. The fourth-order valence-electron chi connectivity index (χ4n) is 3.80. The van der Waals surface area contributed by atoms with Crippen molar-refractivity contribution in [2.24, 2.45) is 17.8 Å². The Balaban J connectivity index is 2.08. The van der Waals surface area contributed by atoms with Crippen molar-refractivity contribution in [2.45, 2.75) is 46.3 Å². The second-order valence-electron chi connectivity index (χ2n) is 7.25. The number of aliphatic hydroxyl groups is 1. The molecular formula is C19H26N2O. The molecule has 0 saturated heterocycles. The van der Waals surface area contributed by atoms with Gasteiger partial charge in [-0.2, -0.15) is 0 Å². The van der Waals surface area contributed by atoms with E-state index in [0.717, 1.165) is 6.42 Å². The molecule has 118 valence electrons. The SMILES string of the molecule is CC(C)C[C@H]([C@H](O)C(C)C)[C@@H]1c2ccccc2-c2cncn21. The molecule has 1 N–H and O–H groups in total. The van der Waals surface area contributed by atoms with Crippen LogP contribution in [0.4, 0.5) is 0 Å². The molecule has 0 amide bonds. The molecule has 3 nitrogen and oxygen atoms in total. The zero-order chi connectivity index (χ0) is 15.9. The average molecular weight is 298 g/mol. The fourth-order valence-corrected chi connectivity index (χ4v) is 3.80. The molecule has 3 rings (SSSR count). The molecule has 0 saturated carbocycles. The molecule has 0 radical (unpaired) electrons. The first-order valence-corrected chi connectivity index (χ1v) is 8.30. The highest BCUT2D eigenvalue weighted by Crippen LogP contribution is 2.46. The van der Waals surface area contributed by atoms with Gasteiger partial charge in [0.1, 0.15) is 0 Å². The lowest BCUT2D eigenvalue weighted by Crippen LogP contribution is -2.34. The maximum atomic E-state index is 10.9. The number of hydrogen-bond acceptors (Lipinski definition) is 2. The maximum Gasteiger partial charge on any atom is 0.0956 e. The average Bonchev–Trinajstić information content (AvgIpc) is 3.04. The minimum Gasteiger partial charge on any atom is -0.392 e. The fraction of sp³-hybridized carbons (Fsp3) is 0.526. The van der Waals surface area contributed by atoms with Gasteiger partial charge < -0.3 is 9.67 Å². The van der Waals surface area contributed by atoms with Gasteiger partial charge in [-0.1, -0.05) is 52.0 Å². The summed E-state index contributed by atoms with van der Waals surface area (Å²) in [5, 5.41) is 10.9. The van der Waals surface area contributed by atoms with Crippen LogP contribution in [0.1, 0.15) is 45.7 Å². The third kappa shape index (κ3) is 2.48. The van der Waals surface area contributed by atoms with Crippen LogP contribution in [-0.4, -0.2) is 20.8 Å². The van der Waals surface area contributed by atoms with E-state index in [2.05, 4.69) is 61.5 Å². The monoisotopic (exact) mass is 298 g/mol. The second-order valence-corrected chi connectivity index (χ2v) is 7.25. The van der Waals surface area contributed by atoms with Crippen LogP contribution in [0.5, 0.6) is 0 Å². The number of fused-ring (bicyclic) bond motifs is 3. The topological polar surface area (TPSA) is 38.1 Å². The predicted molar refractivity (Wildman–Crippen MR) is 89.6 cm³/mol. The Kier molecular flexibility index (Phi) is 4.09. The van der Waals surface area contributed by atoms with Crippen molar-refractivity contribution in [1.29, 1.82) is 0 Å². The minimum absolute atomic E-state index is 0.188. The minimum atomic E-state index is -0.311. The summed E-state index contributed by atoms with van der Waals surface area (Å²) in [5.41, 5.74) is 3.75. The number of hydrogen-bond donors (Lipinski definition) is 1. The number of imidazole rings is 1. The first-order valence-electron chi connectivity index (χ1n) is 8.30. The first-order chi connectivity index (χ1) is 10.5. The smallest absolute Gasteiger partial charge is 0.0956 e. The van der Waals surface area contributed by atoms with Gasteiger partial charge in [0.05, 0.1) is 30.4 Å². The van der Waals surface area contributed by atoms with Gasteiger partial charge in [0, 0.05) is 11.5 Å². The zero-order valence-corrected chi connectivity index (χ0v) is 13.9. The molecule has 0 fully saturated rings. The van der Waals surface area contributed by atoms with Crippen LogP contribution in [-0.2, 0) is 0 Å². The summed E-state index contributed by atoms with van der Waals surface area (Å²) in [6.07, 6.45) is 4.55. The summed E-state index contributed by atoms with van der Waals surface area (Å²) in [5.74, 6) is 1.01. The molecule has 3 heteroatoms. The molecule has 2 heterocycles. The van der Waals surface area contributed by atoms with Crippen LogP contribution >= 0.6 is 0 Å². The van der Waals surface area contributed by atoms with Gasteiger partial charge in [0.25, 0.3) is 0 Å². The third-order valence-electron chi connectivity index (χ3n) is 4.79. The molecule has 0 bridgehead atoms. The van der Waals surface area contributed by atoms with E-state index in [1.807, 2.05) is 12.5 Å². The van der Waals surface area contributed by atoms with Crippen LogP contribution < -0.4 is 0 Å². The summed E-state index contributed by atoms with van der Waals surface area (Å²) in [7, 11) is 0. The van der Waals surface area contributed by atoms with E-state index >= 15 is 0 Å². The van der Waals surface area contributed by atoms with Crippen LogP contribution in [0.3, 0.4) is 0 Å². The molecule has 3 atom stereocenters. The Morgan fingerprint density at radius 1 is 1.18 bits per heavy atom. The van der Waals surface area contributed by atoms with Crippen LogP contribution in [0.25, 0.3) is 11.3 Å². The molecule has 0 aliphatic carbocycles. The molecule has 22 heavy (non-hydrogen) atoms.